The highest BCUT2D eigenvalue weighted by atomic mass is 19.4. The first-order valence-corrected chi connectivity index (χ1v) is 6.09. The number of alkyl halides is 3. The maximum atomic E-state index is 13.0. The van der Waals surface area contributed by atoms with Crippen molar-refractivity contribution in [3.63, 3.8) is 0 Å². The minimum Gasteiger partial charge on any atom is -0.399 e. The average Bonchev–Trinajstić information content (AvgIpc) is 2.46. The fraction of sp³-hybridized carbons (Fsp3) is 0.583. The minimum absolute atomic E-state index is 0.226. The Hall–Kier alpha value is -1.28. The monoisotopic (exact) mass is 289 g/mol. The van der Waals surface area contributed by atoms with E-state index in [1.165, 1.54) is 0 Å². The van der Waals surface area contributed by atoms with Crippen molar-refractivity contribution >= 4 is 12.6 Å². The Kier molecular flexibility index (Phi) is 3.30. The van der Waals surface area contributed by atoms with Crippen molar-refractivity contribution in [1.29, 1.82) is 0 Å². The summed E-state index contributed by atoms with van der Waals surface area (Å²) in [5, 5.41) is 0. The van der Waals surface area contributed by atoms with Crippen molar-refractivity contribution in [2.24, 2.45) is 0 Å². The number of nitrogens with one attached hydrogen (secondary N) is 1. The number of hydrogen-bond donors (Lipinski definition) is 1. The summed E-state index contributed by atoms with van der Waals surface area (Å²) in [5.41, 5.74) is -3.60. The molecule has 1 fully saturated rings. The highest BCUT2D eigenvalue weighted by Crippen LogP contribution is 2.37. The molecule has 4 nitrogen and oxygen atoms in total. The normalized spacial score (nSPS) is 21.2. The largest absolute Gasteiger partial charge is 0.496 e. The summed E-state index contributed by atoms with van der Waals surface area (Å²) in [6, 6.07) is 0.514. The molecule has 0 saturated carbocycles. The van der Waals surface area contributed by atoms with E-state index in [2.05, 4.69) is 4.98 Å². The molecule has 2 heterocycles. The van der Waals surface area contributed by atoms with Gasteiger partial charge in [0.15, 0.2) is 0 Å². The molecule has 1 aliphatic heterocycles. The van der Waals surface area contributed by atoms with Gasteiger partial charge in [-0.3, -0.25) is 4.79 Å². The van der Waals surface area contributed by atoms with Gasteiger partial charge >= 0.3 is 13.3 Å². The van der Waals surface area contributed by atoms with Gasteiger partial charge in [-0.15, -0.1) is 0 Å². The topological polar surface area (TPSA) is 51.3 Å². The van der Waals surface area contributed by atoms with Crippen LogP contribution in [-0.2, 0) is 15.5 Å². The molecule has 0 bridgehead atoms. The van der Waals surface area contributed by atoms with Crippen LogP contribution in [0.3, 0.4) is 0 Å². The van der Waals surface area contributed by atoms with Gasteiger partial charge in [0.1, 0.15) is 0 Å². The van der Waals surface area contributed by atoms with Crippen molar-refractivity contribution < 1.29 is 22.5 Å². The average molecular weight is 289 g/mol. The third-order valence-corrected chi connectivity index (χ3v) is 3.77. The van der Waals surface area contributed by atoms with E-state index in [1.807, 2.05) is 0 Å². The molecule has 0 aromatic carbocycles. The second-order valence-corrected chi connectivity index (χ2v) is 5.75. The van der Waals surface area contributed by atoms with Crippen molar-refractivity contribution in [2.45, 2.75) is 45.1 Å². The Morgan fingerprint density at radius 1 is 1.15 bits per heavy atom. The Balaban J connectivity index is 2.48. The molecular weight excluding hydrogens is 274 g/mol. The van der Waals surface area contributed by atoms with Crippen LogP contribution < -0.4 is 11.0 Å². The molecule has 0 amide bonds. The lowest BCUT2D eigenvalue weighted by Crippen LogP contribution is -2.41. The van der Waals surface area contributed by atoms with E-state index >= 15 is 0 Å². The molecule has 1 N–H and O–H groups in total. The maximum absolute atomic E-state index is 13.0. The van der Waals surface area contributed by atoms with Crippen LogP contribution in [0.25, 0.3) is 0 Å². The zero-order valence-electron chi connectivity index (χ0n) is 11.6. The van der Waals surface area contributed by atoms with E-state index in [0.29, 0.717) is 6.07 Å². The van der Waals surface area contributed by atoms with Gasteiger partial charge in [0.05, 0.1) is 16.8 Å². The smallest absolute Gasteiger partial charge is 0.399 e. The van der Waals surface area contributed by atoms with Gasteiger partial charge in [-0.25, -0.2) is 0 Å². The summed E-state index contributed by atoms with van der Waals surface area (Å²) < 4.78 is 50.2. The maximum Gasteiger partial charge on any atom is 0.496 e. The van der Waals surface area contributed by atoms with Gasteiger partial charge < -0.3 is 14.3 Å². The molecule has 0 unspecified atom stereocenters. The fourth-order valence-electron chi connectivity index (χ4n) is 1.89. The lowest BCUT2D eigenvalue weighted by atomic mass is 9.77. The molecule has 0 spiro atoms. The standard InChI is InChI=1S/C12H15BF3NO3/c1-10(2)11(3,4)20-13(19-10)8-6-17-9(18)5-7(8)12(14,15)16/h5-6H,1-4H3,(H,17,18). The lowest BCUT2D eigenvalue weighted by Gasteiger charge is -2.32. The molecule has 0 atom stereocenters. The molecule has 1 aliphatic rings. The van der Waals surface area contributed by atoms with Crippen LogP contribution in [0.4, 0.5) is 13.2 Å². The molecule has 1 aromatic rings. The van der Waals surface area contributed by atoms with Crippen molar-refractivity contribution in [3.05, 3.63) is 28.2 Å². The van der Waals surface area contributed by atoms with Crippen LogP contribution in [-0.4, -0.2) is 23.3 Å². The Labute approximate surface area is 114 Å². The molecule has 0 radical (unpaired) electrons. The number of rotatable bonds is 1. The molecule has 8 heteroatoms. The Bertz CT molecular complexity index is 564. The zero-order chi connectivity index (χ0) is 15.3. The van der Waals surface area contributed by atoms with Gasteiger partial charge in [0.2, 0.25) is 5.56 Å². The zero-order valence-corrected chi connectivity index (χ0v) is 11.6. The highest BCUT2D eigenvalue weighted by molar-refractivity contribution is 6.62. The summed E-state index contributed by atoms with van der Waals surface area (Å²) in [6.45, 7) is 6.97. The molecule has 2 rings (SSSR count). The van der Waals surface area contributed by atoms with Crippen LogP contribution in [0.5, 0.6) is 0 Å². The van der Waals surface area contributed by atoms with Crippen LogP contribution in [0.1, 0.15) is 33.3 Å². The predicted molar refractivity (Wildman–Crippen MR) is 67.8 cm³/mol. The number of pyridine rings is 1. The second kappa shape index (κ2) is 4.36. The highest BCUT2D eigenvalue weighted by Gasteiger charge is 2.53. The van der Waals surface area contributed by atoms with Gasteiger partial charge in [0.25, 0.3) is 0 Å². The van der Waals surface area contributed by atoms with E-state index in [4.69, 9.17) is 9.31 Å². The number of aromatic nitrogens is 1. The van der Waals surface area contributed by atoms with Crippen LogP contribution in [0.2, 0.25) is 0 Å². The summed E-state index contributed by atoms with van der Waals surface area (Å²) >= 11 is 0. The third kappa shape index (κ3) is 2.49. The first-order chi connectivity index (χ1) is 8.94. The summed E-state index contributed by atoms with van der Waals surface area (Å²) in [5.74, 6) is 0. The third-order valence-electron chi connectivity index (χ3n) is 3.77. The van der Waals surface area contributed by atoms with E-state index < -0.39 is 35.6 Å². The van der Waals surface area contributed by atoms with E-state index in [9.17, 15) is 18.0 Å². The van der Waals surface area contributed by atoms with Crippen molar-refractivity contribution in [3.8, 4) is 0 Å². The number of hydrogen-bond acceptors (Lipinski definition) is 3. The van der Waals surface area contributed by atoms with E-state index in [0.717, 1.165) is 6.20 Å². The van der Waals surface area contributed by atoms with E-state index in [1.54, 1.807) is 27.7 Å². The van der Waals surface area contributed by atoms with E-state index in [-0.39, 0.29) is 5.46 Å². The Morgan fingerprint density at radius 2 is 1.65 bits per heavy atom. The van der Waals surface area contributed by atoms with Gasteiger partial charge in [-0.2, -0.15) is 13.2 Å². The van der Waals surface area contributed by atoms with Gasteiger partial charge in [0, 0.05) is 17.7 Å². The fourth-order valence-corrected chi connectivity index (χ4v) is 1.89. The first kappa shape index (κ1) is 15.1. The molecular formula is C12H15BF3NO3. The molecule has 0 aliphatic carbocycles. The number of halogens is 3. The molecule has 1 saturated heterocycles. The summed E-state index contributed by atoms with van der Waals surface area (Å²) in [6.07, 6.45) is -3.65. The number of H-pyrrole nitrogens is 1. The number of aromatic amines is 1. The van der Waals surface area contributed by atoms with Crippen molar-refractivity contribution in [2.75, 3.05) is 0 Å². The molecule has 1 aromatic heterocycles. The van der Waals surface area contributed by atoms with Crippen molar-refractivity contribution in [1.82, 2.24) is 4.98 Å². The van der Waals surface area contributed by atoms with Crippen LogP contribution in [0, 0.1) is 0 Å². The summed E-state index contributed by atoms with van der Waals surface area (Å²) in [4.78, 5) is 13.3. The summed E-state index contributed by atoms with van der Waals surface area (Å²) in [7, 11) is -1.17. The van der Waals surface area contributed by atoms with Gasteiger partial charge in [-0.1, -0.05) is 0 Å². The molecule has 110 valence electrons. The van der Waals surface area contributed by atoms with Gasteiger partial charge in [-0.05, 0) is 27.7 Å². The quantitative estimate of drug-likeness (QED) is 0.800. The SMILES string of the molecule is CC1(C)OB(c2c[nH]c(=O)cc2C(F)(F)F)OC1(C)C. The predicted octanol–water partition coefficient (Wildman–Crippen LogP) is 1.69. The Morgan fingerprint density at radius 3 is 2.10 bits per heavy atom. The van der Waals surface area contributed by atoms with Crippen LogP contribution >= 0.6 is 0 Å². The first-order valence-electron chi connectivity index (χ1n) is 6.09. The minimum atomic E-state index is -4.65. The van der Waals surface area contributed by atoms with Crippen LogP contribution in [0.15, 0.2) is 17.1 Å². The molecule has 20 heavy (non-hydrogen) atoms. The lowest BCUT2D eigenvalue weighted by molar-refractivity contribution is -0.137. The second-order valence-electron chi connectivity index (χ2n) is 5.75.